The molecule has 0 amide bonds. The first-order valence-corrected chi connectivity index (χ1v) is 2.78. The van der Waals surface area contributed by atoms with E-state index in [0.717, 1.165) is 0 Å². The van der Waals surface area contributed by atoms with Crippen LogP contribution in [-0.4, -0.2) is 5.12 Å². The molecule has 0 rings (SSSR count). The molecule has 0 heterocycles. The number of carbonyl (C=O) groups is 1. The van der Waals surface area contributed by atoms with Crippen LogP contribution in [0.4, 0.5) is 0 Å². The second kappa shape index (κ2) is 3.57. The monoisotopic (exact) mass is 128 g/mol. The summed E-state index contributed by atoms with van der Waals surface area (Å²) in [5.74, 6) is 5.08. The van der Waals surface area contributed by atoms with Gasteiger partial charge in [-0.3, -0.25) is 4.79 Å². The van der Waals surface area contributed by atoms with Gasteiger partial charge in [0.05, 0.1) is 5.92 Å². The Morgan fingerprint density at radius 2 is 2.25 bits per heavy atom. The molecule has 1 nitrogen and oxygen atoms in total. The third-order valence-corrected chi connectivity index (χ3v) is 1.12. The Balaban J connectivity index is 3.77. The predicted octanol–water partition coefficient (Wildman–Crippen LogP) is 1.10. The smallest absolute Gasteiger partial charge is 0.200 e. The van der Waals surface area contributed by atoms with Crippen LogP contribution in [0.5, 0.6) is 0 Å². The molecular weight excluding hydrogens is 120 g/mol. The molecule has 0 aliphatic heterocycles. The summed E-state index contributed by atoms with van der Waals surface area (Å²) in [5, 5.41) is -0.167. The summed E-state index contributed by atoms with van der Waals surface area (Å²) in [6.07, 6.45) is 0. The van der Waals surface area contributed by atoms with Crippen molar-refractivity contribution in [3.05, 3.63) is 0 Å². The van der Waals surface area contributed by atoms with Crippen molar-refractivity contribution in [1.82, 2.24) is 0 Å². The topological polar surface area (TPSA) is 17.1 Å². The second-order valence-corrected chi connectivity index (χ2v) is 1.90. The predicted molar refractivity (Wildman–Crippen MR) is 36.6 cm³/mol. The van der Waals surface area contributed by atoms with Crippen molar-refractivity contribution < 1.29 is 4.79 Å². The van der Waals surface area contributed by atoms with Gasteiger partial charge in [-0.15, -0.1) is 18.5 Å². The summed E-state index contributed by atoms with van der Waals surface area (Å²) < 4.78 is 0. The quantitative estimate of drug-likeness (QED) is 0.413. The minimum absolute atomic E-state index is 0.167. The van der Waals surface area contributed by atoms with Crippen molar-refractivity contribution in [2.24, 2.45) is 5.92 Å². The fourth-order valence-electron chi connectivity index (χ4n) is 0.278. The van der Waals surface area contributed by atoms with Gasteiger partial charge in [0.2, 0.25) is 5.12 Å². The van der Waals surface area contributed by atoms with Gasteiger partial charge in [0.15, 0.2) is 0 Å². The molecule has 0 aliphatic rings. The molecule has 0 aromatic carbocycles. The molecule has 8 heavy (non-hydrogen) atoms. The van der Waals surface area contributed by atoms with Crippen LogP contribution in [0.25, 0.3) is 0 Å². The normalized spacial score (nSPS) is 11.4. The molecule has 0 fully saturated rings. The second-order valence-electron chi connectivity index (χ2n) is 1.45. The highest BCUT2D eigenvalue weighted by Gasteiger charge is 2.01. The SMILES string of the molecule is CC#CC(C)C(=O)S. The molecule has 0 saturated carbocycles. The number of hydrogen-bond donors (Lipinski definition) is 1. The summed E-state index contributed by atoms with van der Waals surface area (Å²) in [5.41, 5.74) is 0. The van der Waals surface area contributed by atoms with E-state index in [1.165, 1.54) is 0 Å². The van der Waals surface area contributed by atoms with Crippen LogP contribution in [-0.2, 0) is 4.79 Å². The van der Waals surface area contributed by atoms with E-state index in [2.05, 4.69) is 24.5 Å². The van der Waals surface area contributed by atoms with Gasteiger partial charge in [-0.25, -0.2) is 0 Å². The highest BCUT2D eigenvalue weighted by molar-refractivity contribution is 7.96. The van der Waals surface area contributed by atoms with Gasteiger partial charge < -0.3 is 0 Å². The Kier molecular flexibility index (Phi) is 3.38. The zero-order chi connectivity index (χ0) is 6.57. The van der Waals surface area contributed by atoms with E-state index in [-0.39, 0.29) is 11.0 Å². The van der Waals surface area contributed by atoms with E-state index in [4.69, 9.17) is 0 Å². The summed E-state index contributed by atoms with van der Waals surface area (Å²) in [4.78, 5) is 10.3. The first kappa shape index (κ1) is 7.58. The Labute approximate surface area is 54.9 Å². The fraction of sp³-hybridized carbons (Fsp3) is 0.500. The van der Waals surface area contributed by atoms with Gasteiger partial charge >= 0.3 is 0 Å². The number of thiol groups is 1. The standard InChI is InChI=1S/C6H8OS/c1-3-4-5(2)6(7)8/h5H,1-2H3,(H,7,8). The lowest BCUT2D eigenvalue weighted by Crippen LogP contribution is -1.98. The van der Waals surface area contributed by atoms with Gasteiger partial charge in [0.25, 0.3) is 0 Å². The third kappa shape index (κ3) is 2.70. The maximum absolute atomic E-state index is 10.3. The van der Waals surface area contributed by atoms with Gasteiger partial charge in [-0.05, 0) is 13.8 Å². The maximum Gasteiger partial charge on any atom is 0.200 e. The van der Waals surface area contributed by atoms with Crippen molar-refractivity contribution in [1.29, 1.82) is 0 Å². The van der Waals surface area contributed by atoms with Crippen molar-refractivity contribution in [2.75, 3.05) is 0 Å². The van der Waals surface area contributed by atoms with E-state index >= 15 is 0 Å². The highest BCUT2D eigenvalue weighted by atomic mass is 32.1. The summed E-state index contributed by atoms with van der Waals surface area (Å²) in [6.45, 7) is 3.43. The van der Waals surface area contributed by atoms with Crippen LogP contribution < -0.4 is 0 Å². The van der Waals surface area contributed by atoms with Crippen LogP contribution in [0.1, 0.15) is 13.8 Å². The minimum Gasteiger partial charge on any atom is -0.286 e. The van der Waals surface area contributed by atoms with E-state index in [9.17, 15) is 4.79 Å². The Morgan fingerprint density at radius 1 is 1.75 bits per heavy atom. The zero-order valence-corrected chi connectivity index (χ0v) is 5.83. The van der Waals surface area contributed by atoms with Crippen LogP contribution in [0.15, 0.2) is 0 Å². The maximum atomic E-state index is 10.3. The summed E-state index contributed by atoms with van der Waals surface area (Å²) in [6, 6.07) is 0. The largest absolute Gasteiger partial charge is 0.286 e. The molecule has 0 saturated heterocycles. The highest BCUT2D eigenvalue weighted by Crippen LogP contribution is 1.96. The van der Waals surface area contributed by atoms with Crippen LogP contribution in [0.2, 0.25) is 0 Å². The number of rotatable bonds is 1. The fourth-order valence-corrected chi connectivity index (χ4v) is 0.343. The van der Waals surface area contributed by atoms with Crippen LogP contribution in [0.3, 0.4) is 0 Å². The lowest BCUT2D eigenvalue weighted by Gasteiger charge is -1.90. The molecule has 0 aliphatic carbocycles. The van der Waals surface area contributed by atoms with Crippen LogP contribution in [0, 0.1) is 17.8 Å². The lowest BCUT2D eigenvalue weighted by atomic mass is 10.2. The third-order valence-electron chi connectivity index (χ3n) is 0.731. The molecule has 44 valence electrons. The van der Waals surface area contributed by atoms with Crippen molar-refractivity contribution in [2.45, 2.75) is 13.8 Å². The van der Waals surface area contributed by atoms with Gasteiger partial charge in [0, 0.05) is 0 Å². The summed E-state index contributed by atoms with van der Waals surface area (Å²) >= 11 is 3.59. The minimum atomic E-state index is -0.219. The van der Waals surface area contributed by atoms with Crippen molar-refractivity contribution in [3.63, 3.8) is 0 Å². The molecule has 0 bridgehead atoms. The van der Waals surface area contributed by atoms with Gasteiger partial charge in [-0.2, -0.15) is 0 Å². The molecule has 0 radical (unpaired) electrons. The zero-order valence-electron chi connectivity index (χ0n) is 4.93. The van der Waals surface area contributed by atoms with E-state index in [0.29, 0.717) is 0 Å². The van der Waals surface area contributed by atoms with Crippen molar-refractivity contribution in [3.8, 4) is 11.8 Å². The van der Waals surface area contributed by atoms with Gasteiger partial charge in [-0.1, -0.05) is 5.92 Å². The Bertz CT molecular complexity index is 140. The summed E-state index contributed by atoms with van der Waals surface area (Å²) in [7, 11) is 0. The molecule has 0 aromatic rings. The first-order chi connectivity index (χ1) is 3.68. The van der Waals surface area contributed by atoms with Gasteiger partial charge in [0.1, 0.15) is 0 Å². The Hall–Kier alpha value is -0.420. The van der Waals surface area contributed by atoms with E-state index in [1.807, 2.05) is 0 Å². The molecule has 0 spiro atoms. The molecule has 1 unspecified atom stereocenters. The lowest BCUT2D eigenvalue weighted by molar-refractivity contribution is -0.112. The molecule has 2 heteroatoms. The van der Waals surface area contributed by atoms with Crippen molar-refractivity contribution >= 4 is 17.7 Å². The molecule has 0 N–H and O–H groups in total. The Morgan fingerprint density at radius 3 is 2.38 bits per heavy atom. The average molecular weight is 128 g/mol. The van der Waals surface area contributed by atoms with E-state index < -0.39 is 0 Å². The first-order valence-electron chi connectivity index (χ1n) is 2.33. The molecular formula is C6H8OS. The van der Waals surface area contributed by atoms with E-state index in [1.54, 1.807) is 13.8 Å². The van der Waals surface area contributed by atoms with Crippen LogP contribution >= 0.6 is 12.6 Å². The number of hydrogen-bond acceptors (Lipinski definition) is 1. The molecule has 0 aromatic heterocycles. The average Bonchev–Trinajstić information content (AvgIpc) is 1.67. The molecule has 1 atom stereocenters. The number of carbonyl (C=O) groups excluding carboxylic acids is 1.